The van der Waals surface area contributed by atoms with Gasteiger partial charge in [0.2, 0.25) is 0 Å². The molecule has 1 atom stereocenters. The van der Waals surface area contributed by atoms with Crippen LogP contribution in [-0.4, -0.2) is 15.6 Å². The van der Waals surface area contributed by atoms with Crippen molar-refractivity contribution in [3.8, 4) is 0 Å². The maximum Gasteiger partial charge on any atom is 0.416 e. The molecular formula is C14H14F3NO2. The highest BCUT2D eigenvalue weighted by Gasteiger charge is 2.30. The Morgan fingerprint density at radius 1 is 1.35 bits per heavy atom. The third kappa shape index (κ3) is 2.64. The van der Waals surface area contributed by atoms with Gasteiger partial charge < -0.3 is 9.67 Å². The first-order chi connectivity index (χ1) is 9.20. The van der Waals surface area contributed by atoms with Crippen molar-refractivity contribution in [2.75, 3.05) is 0 Å². The van der Waals surface area contributed by atoms with Crippen LogP contribution in [0.5, 0.6) is 0 Å². The number of aromatic nitrogens is 1. The van der Waals surface area contributed by atoms with Crippen molar-refractivity contribution >= 4 is 16.9 Å². The van der Waals surface area contributed by atoms with Gasteiger partial charge in [-0.1, -0.05) is 13.0 Å². The van der Waals surface area contributed by atoms with E-state index in [1.807, 2.05) is 0 Å². The van der Waals surface area contributed by atoms with Crippen molar-refractivity contribution in [1.29, 1.82) is 0 Å². The average Bonchev–Trinajstić information content (AvgIpc) is 2.65. The van der Waals surface area contributed by atoms with E-state index in [1.165, 1.54) is 6.07 Å². The van der Waals surface area contributed by atoms with Crippen LogP contribution in [0.1, 0.15) is 18.2 Å². The van der Waals surface area contributed by atoms with Gasteiger partial charge in [0.25, 0.3) is 0 Å². The predicted octanol–water partition coefficient (Wildman–Crippen LogP) is 3.46. The van der Waals surface area contributed by atoms with E-state index in [-0.39, 0.29) is 6.42 Å². The van der Waals surface area contributed by atoms with Crippen LogP contribution in [0.25, 0.3) is 10.9 Å². The van der Waals surface area contributed by atoms with Gasteiger partial charge in [-0.2, -0.15) is 13.2 Å². The molecule has 0 saturated carbocycles. The first-order valence-corrected chi connectivity index (χ1v) is 6.08. The van der Waals surface area contributed by atoms with Crippen LogP contribution >= 0.6 is 0 Å². The van der Waals surface area contributed by atoms with Gasteiger partial charge in [0.05, 0.1) is 11.5 Å². The van der Waals surface area contributed by atoms with Gasteiger partial charge in [0, 0.05) is 24.7 Å². The molecule has 0 saturated heterocycles. The maximum absolute atomic E-state index is 12.7. The fraction of sp³-hybridized carbons (Fsp3) is 0.357. The van der Waals surface area contributed by atoms with Crippen molar-refractivity contribution in [2.24, 2.45) is 13.0 Å². The summed E-state index contributed by atoms with van der Waals surface area (Å²) in [7, 11) is 1.65. The molecule has 0 amide bonds. The number of nitrogens with zero attached hydrogens (tertiary/aromatic N) is 1. The van der Waals surface area contributed by atoms with E-state index in [9.17, 15) is 18.0 Å². The van der Waals surface area contributed by atoms with Crippen LogP contribution in [0.3, 0.4) is 0 Å². The zero-order chi connectivity index (χ0) is 15.1. The van der Waals surface area contributed by atoms with Crippen molar-refractivity contribution in [3.63, 3.8) is 0 Å². The molecule has 0 fully saturated rings. The van der Waals surface area contributed by atoms with Gasteiger partial charge in [-0.15, -0.1) is 0 Å². The average molecular weight is 285 g/mol. The van der Waals surface area contributed by atoms with Crippen LogP contribution in [0.15, 0.2) is 24.3 Å². The summed E-state index contributed by atoms with van der Waals surface area (Å²) in [6.07, 6.45) is -4.10. The summed E-state index contributed by atoms with van der Waals surface area (Å²) in [5.74, 6) is -1.51. The van der Waals surface area contributed by atoms with Crippen LogP contribution in [0.4, 0.5) is 13.2 Å². The SMILES string of the molecule is CC(Cc1cc2ccc(C(F)(F)F)cc2n1C)C(=O)O. The number of benzene rings is 1. The molecule has 3 nitrogen and oxygen atoms in total. The number of aryl methyl sites for hydroxylation is 1. The number of aliphatic carboxylic acids is 1. The molecule has 0 aliphatic carbocycles. The van der Waals surface area contributed by atoms with Crippen LogP contribution in [0, 0.1) is 5.92 Å². The standard InChI is InChI=1S/C14H14F3NO2/c1-8(13(19)20)5-11-6-9-3-4-10(14(15,16)17)7-12(9)18(11)2/h3-4,6-8H,5H2,1-2H3,(H,19,20). The molecule has 0 aliphatic heterocycles. The second kappa shape index (κ2) is 4.85. The fourth-order valence-electron chi connectivity index (χ4n) is 2.16. The second-order valence-corrected chi connectivity index (χ2v) is 4.91. The minimum atomic E-state index is -4.38. The Morgan fingerprint density at radius 3 is 2.55 bits per heavy atom. The number of hydrogen-bond donors (Lipinski definition) is 1. The van der Waals surface area contributed by atoms with E-state index in [1.54, 1.807) is 24.6 Å². The summed E-state index contributed by atoms with van der Waals surface area (Å²) in [6, 6.07) is 5.26. The zero-order valence-electron chi connectivity index (χ0n) is 11.0. The van der Waals surface area contributed by atoms with Crippen LogP contribution < -0.4 is 0 Å². The summed E-state index contributed by atoms with van der Waals surface area (Å²) in [4.78, 5) is 10.9. The van der Waals surface area contributed by atoms with Crippen molar-refractivity contribution in [1.82, 2.24) is 4.57 Å². The molecule has 1 aromatic carbocycles. The Hall–Kier alpha value is -1.98. The number of carboxylic acids is 1. The molecule has 6 heteroatoms. The normalized spacial score (nSPS) is 13.7. The molecule has 1 unspecified atom stereocenters. The monoisotopic (exact) mass is 285 g/mol. The second-order valence-electron chi connectivity index (χ2n) is 4.91. The van der Waals surface area contributed by atoms with Crippen molar-refractivity contribution in [3.05, 3.63) is 35.5 Å². The highest BCUT2D eigenvalue weighted by Crippen LogP contribution is 2.32. The Balaban J connectivity index is 2.45. The molecule has 2 rings (SSSR count). The number of hydrogen-bond acceptors (Lipinski definition) is 1. The fourth-order valence-corrected chi connectivity index (χ4v) is 2.16. The van der Waals surface area contributed by atoms with E-state index >= 15 is 0 Å². The minimum Gasteiger partial charge on any atom is -0.481 e. The van der Waals surface area contributed by atoms with E-state index in [0.717, 1.165) is 12.1 Å². The van der Waals surface area contributed by atoms with Gasteiger partial charge in [-0.3, -0.25) is 4.79 Å². The Bertz CT molecular complexity index is 658. The molecule has 2 aromatic rings. The molecule has 0 aliphatic rings. The molecule has 1 N–H and O–H groups in total. The third-order valence-electron chi connectivity index (χ3n) is 3.41. The summed E-state index contributed by atoms with van der Waals surface area (Å²) in [5.41, 5.74) is 0.450. The van der Waals surface area contributed by atoms with Gasteiger partial charge >= 0.3 is 12.1 Å². The molecule has 20 heavy (non-hydrogen) atoms. The van der Waals surface area contributed by atoms with Crippen molar-refractivity contribution < 1.29 is 23.1 Å². The lowest BCUT2D eigenvalue weighted by Gasteiger charge is -2.09. The molecule has 1 heterocycles. The molecule has 1 aromatic heterocycles. The lowest BCUT2D eigenvalue weighted by atomic mass is 10.1. The van der Waals surface area contributed by atoms with E-state index in [2.05, 4.69) is 0 Å². The van der Waals surface area contributed by atoms with E-state index in [4.69, 9.17) is 5.11 Å². The smallest absolute Gasteiger partial charge is 0.416 e. The molecule has 0 radical (unpaired) electrons. The first kappa shape index (κ1) is 14.4. The highest BCUT2D eigenvalue weighted by atomic mass is 19.4. The lowest BCUT2D eigenvalue weighted by Crippen LogP contribution is -2.14. The predicted molar refractivity (Wildman–Crippen MR) is 68.4 cm³/mol. The van der Waals surface area contributed by atoms with Crippen LogP contribution in [0.2, 0.25) is 0 Å². The first-order valence-electron chi connectivity index (χ1n) is 6.08. The number of halogens is 3. The Labute approximate surface area is 113 Å². The summed E-state index contributed by atoms with van der Waals surface area (Å²) in [5, 5.41) is 9.58. The number of carbonyl (C=O) groups is 1. The van der Waals surface area contributed by atoms with Gasteiger partial charge in [-0.05, 0) is 23.6 Å². The minimum absolute atomic E-state index is 0.280. The Kier molecular flexibility index (Phi) is 3.50. The topological polar surface area (TPSA) is 42.2 Å². The van der Waals surface area contributed by atoms with E-state index < -0.39 is 23.6 Å². The van der Waals surface area contributed by atoms with Crippen molar-refractivity contribution in [2.45, 2.75) is 19.5 Å². The number of rotatable bonds is 3. The lowest BCUT2D eigenvalue weighted by molar-refractivity contribution is -0.141. The van der Waals surface area contributed by atoms with Gasteiger partial charge in [0.1, 0.15) is 0 Å². The molecule has 108 valence electrons. The quantitative estimate of drug-likeness (QED) is 0.938. The molecular weight excluding hydrogens is 271 g/mol. The van der Waals surface area contributed by atoms with Gasteiger partial charge in [-0.25, -0.2) is 0 Å². The summed E-state index contributed by atoms with van der Waals surface area (Å²) in [6.45, 7) is 1.57. The zero-order valence-corrected chi connectivity index (χ0v) is 11.0. The molecule has 0 bridgehead atoms. The van der Waals surface area contributed by atoms with E-state index in [0.29, 0.717) is 16.6 Å². The number of carboxylic acid groups (broad SMARTS) is 1. The highest BCUT2D eigenvalue weighted by molar-refractivity contribution is 5.82. The Morgan fingerprint density at radius 2 is 2.00 bits per heavy atom. The maximum atomic E-state index is 12.7. The summed E-state index contributed by atoms with van der Waals surface area (Å²) >= 11 is 0. The third-order valence-corrected chi connectivity index (χ3v) is 3.41. The largest absolute Gasteiger partial charge is 0.481 e. The van der Waals surface area contributed by atoms with Crippen LogP contribution in [-0.2, 0) is 24.4 Å². The number of fused-ring (bicyclic) bond motifs is 1. The number of alkyl halides is 3. The molecule has 0 spiro atoms. The van der Waals surface area contributed by atoms with Gasteiger partial charge in [0.15, 0.2) is 0 Å². The summed E-state index contributed by atoms with van der Waals surface area (Å²) < 4.78 is 39.7.